The minimum atomic E-state index is -0.949. The van der Waals surface area contributed by atoms with Crippen LogP contribution >= 0.6 is 11.6 Å². The largest absolute Gasteiger partial charge is 0.480 e. The van der Waals surface area contributed by atoms with Crippen molar-refractivity contribution >= 4 is 40.5 Å². The minimum Gasteiger partial charge on any atom is -0.480 e. The third kappa shape index (κ3) is 1.92. The number of nitrogen functional groups attached to an aromatic ring is 1. The second-order valence-electron chi connectivity index (χ2n) is 4.56. The number of fused-ring (bicyclic) bond motifs is 3. The summed E-state index contributed by atoms with van der Waals surface area (Å²) in [5.74, 6) is 0.768. The van der Waals surface area contributed by atoms with E-state index in [9.17, 15) is 4.79 Å². The number of carboxylic acids is 1. The normalized spacial score (nSPS) is 13.9. The number of carbonyl (C=O) groups is 1. The molecular weight excluding hydrogens is 284 g/mol. The Morgan fingerprint density at radius 3 is 3.10 bits per heavy atom. The van der Waals surface area contributed by atoms with Gasteiger partial charge in [-0.2, -0.15) is 0 Å². The number of hydrogen-bond donors (Lipinski definition) is 2. The van der Waals surface area contributed by atoms with Crippen molar-refractivity contribution in [3.8, 4) is 0 Å². The lowest BCUT2D eigenvalue weighted by Crippen LogP contribution is -2.36. The first-order valence-corrected chi connectivity index (χ1v) is 6.72. The highest BCUT2D eigenvalue weighted by Gasteiger charge is 2.31. The van der Waals surface area contributed by atoms with Crippen molar-refractivity contribution in [2.45, 2.75) is 13.1 Å². The van der Waals surface area contributed by atoms with Gasteiger partial charge in [0.15, 0.2) is 5.52 Å². The summed E-state index contributed by atoms with van der Waals surface area (Å²) in [6, 6.07) is 0. The van der Waals surface area contributed by atoms with Crippen molar-refractivity contribution < 1.29 is 14.5 Å². The molecule has 3 heterocycles. The number of anilines is 2. The summed E-state index contributed by atoms with van der Waals surface area (Å²) >= 11 is 5.81. The van der Waals surface area contributed by atoms with Crippen LogP contribution in [-0.2, 0) is 17.9 Å². The molecule has 8 nitrogen and oxygen atoms in total. The average molecular weight is 298 g/mol. The Morgan fingerprint density at radius 2 is 2.40 bits per heavy atom. The highest BCUT2D eigenvalue weighted by Crippen LogP contribution is 2.25. The molecule has 0 fully saturated rings. The van der Waals surface area contributed by atoms with Crippen LogP contribution in [0.5, 0.6) is 0 Å². The third-order valence-electron chi connectivity index (χ3n) is 3.33. The van der Waals surface area contributed by atoms with E-state index in [1.54, 1.807) is 0 Å². The van der Waals surface area contributed by atoms with Crippen LogP contribution in [-0.4, -0.2) is 44.6 Å². The number of halogens is 1. The van der Waals surface area contributed by atoms with Crippen LogP contribution in [0, 0.1) is 0 Å². The number of nitrogens with two attached hydrogens (primary N) is 1. The van der Waals surface area contributed by atoms with E-state index in [4.69, 9.17) is 22.4 Å². The number of nitrogens with zero attached hydrogens (tertiary/aromatic N) is 5. The Kier molecular flexibility index (Phi) is 3.09. The molecule has 0 aromatic carbocycles. The lowest BCUT2D eigenvalue weighted by atomic mass is 10.4. The Bertz CT molecular complexity index is 685. The monoisotopic (exact) mass is 297 g/mol. The number of carboxylic acid groups (broad SMARTS) is 1. The SMILES string of the molecule is Nc1nc2c(ncn2CC(=O)O)c2[n+]1CCN2CCCl. The highest BCUT2D eigenvalue weighted by atomic mass is 35.5. The van der Waals surface area contributed by atoms with Gasteiger partial charge in [-0.05, 0) is 0 Å². The molecule has 20 heavy (non-hydrogen) atoms. The molecule has 2 aromatic rings. The number of aromatic nitrogens is 4. The number of rotatable bonds is 4. The summed E-state index contributed by atoms with van der Waals surface area (Å²) in [6.45, 7) is 2.02. The van der Waals surface area contributed by atoms with Gasteiger partial charge in [0.05, 0.1) is 26.0 Å². The predicted molar refractivity (Wildman–Crippen MR) is 72.7 cm³/mol. The smallest absolute Gasteiger partial charge is 0.347 e. The lowest BCUT2D eigenvalue weighted by molar-refractivity contribution is -0.657. The van der Waals surface area contributed by atoms with E-state index < -0.39 is 5.97 Å². The molecule has 1 aliphatic heterocycles. The summed E-state index contributed by atoms with van der Waals surface area (Å²) in [4.78, 5) is 21.5. The Morgan fingerprint density at radius 1 is 1.60 bits per heavy atom. The van der Waals surface area contributed by atoms with Gasteiger partial charge in [0.1, 0.15) is 6.54 Å². The lowest BCUT2D eigenvalue weighted by Gasteiger charge is -2.12. The Labute approximate surface area is 119 Å². The molecule has 0 saturated carbocycles. The zero-order chi connectivity index (χ0) is 14.3. The molecular formula is C11H14ClN6O2+. The number of imidazole rings is 1. The molecule has 0 spiro atoms. The molecule has 3 rings (SSSR count). The zero-order valence-electron chi connectivity index (χ0n) is 10.7. The summed E-state index contributed by atoms with van der Waals surface area (Å²) in [5, 5.41) is 8.90. The summed E-state index contributed by atoms with van der Waals surface area (Å²) in [5.41, 5.74) is 7.10. The van der Waals surface area contributed by atoms with Crippen molar-refractivity contribution in [2.24, 2.45) is 0 Å². The Hall–Kier alpha value is -2.09. The van der Waals surface area contributed by atoms with Gasteiger partial charge in [-0.25, -0.2) is 9.55 Å². The number of aliphatic carboxylic acids is 1. The maximum Gasteiger partial charge on any atom is 0.347 e. The maximum atomic E-state index is 10.9. The van der Waals surface area contributed by atoms with Crippen molar-refractivity contribution in [3.05, 3.63) is 6.33 Å². The molecule has 9 heteroatoms. The number of hydrogen-bond acceptors (Lipinski definition) is 5. The molecule has 0 bridgehead atoms. The average Bonchev–Trinajstić information content (AvgIpc) is 2.95. The van der Waals surface area contributed by atoms with E-state index in [-0.39, 0.29) is 6.54 Å². The van der Waals surface area contributed by atoms with E-state index in [0.29, 0.717) is 29.5 Å². The van der Waals surface area contributed by atoms with E-state index in [2.05, 4.69) is 14.9 Å². The van der Waals surface area contributed by atoms with Crippen molar-refractivity contribution in [1.82, 2.24) is 14.5 Å². The summed E-state index contributed by atoms with van der Waals surface area (Å²) in [6.07, 6.45) is 1.48. The second-order valence-corrected chi connectivity index (χ2v) is 4.94. The predicted octanol–water partition coefficient (Wildman–Crippen LogP) is -0.556. The number of alkyl halides is 1. The quantitative estimate of drug-likeness (QED) is 0.580. The Balaban J connectivity index is 2.17. The van der Waals surface area contributed by atoms with Crippen LogP contribution in [0.25, 0.3) is 11.2 Å². The van der Waals surface area contributed by atoms with Crippen LogP contribution in [0.3, 0.4) is 0 Å². The van der Waals surface area contributed by atoms with Crippen LogP contribution in [0.15, 0.2) is 6.33 Å². The third-order valence-corrected chi connectivity index (χ3v) is 3.50. The topological polar surface area (TPSA) is 101 Å². The molecule has 0 aliphatic carbocycles. The van der Waals surface area contributed by atoms with E-state index >= 15 is 0 Å². The zero-order valence-corrected chi connectivity index (χ0v) is 11.4. The molecule has 106 valence electrons. The fourth-order valence-electron chi connectivity index (χ4n) is 2.50. The maximum absolute atomic E-state index is 10.9. The molecule has 0 amide bonds. The van der Waals surface area contributed by atoms with Crippen LogP contribution in [0.2, 0.25) is 0 Å². The van der Waals surface area contributed by atoms with E-state index in [0.717, 1.165) is 18.9 Å². The minimum absolute atomic E-state index is 0.193. The van der Waals surface area contributed by atoms with Crippen molar-refractivity contribution in [2.75, 3.05) is 29.6 Å². The van der Waals surface area contributed by atoms with Gasteiger partial charge >= 0.3 is 11.9 Å². The molecule has 0 unspecified atom stereocenters. The first-order valence-electron chi connectivity index (χ1n) is 6.18. The van der Waals surface area contributed by atoms with Crippen molar-refractivity contribution in [1.29, 1.82) is 0 Å². The fraction of sp³-hybridized carbons (Fsp3) is 0.455. The van der Waals surface area contributed by atoms with Gasteiger partial charge in [0.2, 0.25) is 11.5 Å². The molecule has 0 radical (unpaired) electrons. The summed E-state index contributed by atoms with van der Waals surface area (Å²) in [7, 11) is 0. The van der Waals surface area contributed by atoms with Crippen LogP contribution in [0.1, 0.15) is 0 Å². The van der Waals surface area contributed by atoms with Crippen LogP contribution < -0.4 is 15.2 Å². The van der Waals surface area contributed by atoms with Gasteiger partial charge in [-0.3, -0.25) is 9.36 Å². The van der Waals surface area contributed by atoms with Crippen LogP contribution in [0.4, 0.5) is 11.8 Å². The molecule has 0 saturated heterocycles. The highest BCUT2D eigenvalue weighted by molar-refractivity contribution is 6.18. The van der Waals surface area contributed by atoms with Gasteiger partial charge in [0.25, 0.3) is 0 Å². The van der Waals surface area contributed by atoms with Gasteiger partial charge in [-0.1, -0.05) is 4.98 Å². The molecule has 0 atom stereocenters. The van der Waals surface area contributed by atoms with Gasteiger partial charge < -0.3 is 15.7 Å². The van der Waals surface area contributed by atoms with Gasteiger partial charge in [-0.15, -0.1) is 11.6 Å². The van der Waals surface area contributed by atoms with E-state index in [1.807, 2.05) is 4.57 Å². The standard InChI is InChI=1S/C11H13ClN6O2/c12-1-2-16-3-4-18-10(16)8-9(15-11(18)13)17(6-14-8)5-7(19)20/h6,13H,1-5H2,(H,19,20)/p+1. The fourth-order valence-corrected chi connectivity index (χ4v) is 2.71. The first-order chi connectivity index (χ1) is 9.61. The first kappa shape index (κ1) is 12.9. The van der Waals surface area contributed by atoms with Crippen molar-refractivity contribution in [3.63, 3.8) is 0 Å². The molecule has 2 aromatic heterocycles. The summed E-state index contributed by atoms with van der Waals surface area (Å²) < 4.78 is 3.36. The van der Waals surface area contributed by atoms with E-state index in [1.165, 1.54) is 10.9 Å². The van der Waals surface area contributed by atoms with Gasteiger partial charge in [0, 0.05) is 5.88 Å². The molecule has 3 N–H and O–H groups in total. The molecule has 1 aliphatic rings. The second kappa shape index (κ2) is 4.78.